The Morgan fingerprint density at radius 1 is 1.12 bits per heavy atom. The maximum Gasteiger partial charge on any atom is 0.255 e. The molecule has 1 amide bonds. The highest BCUT2D eigenvalue weighted by Gasteiger charge is 2.27. The molecule has 3 aromatic heterocycles. The molecule has 0 N–H and O–H groups in total. The van der Waals surface area contributed by atoms with Crippen molar-refractivity contribution in [3.63, 3.8) is 0 Å². The maximum absolute atomic E-state index is 12.9. The van der Waals surface area contributed by atoms with Crippen LogP contribution in [0, 0.1) is 5.92 Å². The first-order chi connectivity index (χ1) is 12.8. The molecule has 1 aliphatic heterocycles. The number of rotatable bonds is 4. The molecule has 0 bridgehead atoms. The molecule has 0 saturated carbocycles. The van der Waals surface area contributed by atoms with Crippen LogP contribution in [0.5, 0.6) is 5.75 Å². The highest BCUT2D eigenvalue weighted by atomic mass is 16.5. The van der Waals surface area contributed by atoms with Gasteiger partial charge < -0.3 is 14.2 Å². The van der Waals surface area contributed by atoms with Crippen LogP contribution in [0.3, 0.4) is 0 Å². The Morgan fingerprint density at radius 2 is 1.96 bits per heavy atom. The van der Waals surface area contributed by atoms with Gasteiger partial charge in [-0.15, -0.1) is 0 Å². The van der Waals surface area contributed by atoms with Crippen LogP contribution < -0.4 is 4.74 Å². The highest BCUT2D eigenvalue weighted by molar-refractivity contribution is 5.93. The van der Waals surface area contributed by atoms with E-state index in [4.69, 9.17) is 4.74 Å². The second kappa shape index (κ2) is 7.35. The summed E-state index contributed by atoms with van der Waals surface area (Å²) in [5, 5.41) is 0. The largest absolute Gasteiger partial charge is 0.492 e. The van der Waals surface area contributed by atoms with Crippen LogP contribution in [0.15, 0.2) is 61.4 Å². The summed E-state index contributed by atoms with van der Waals surface area (Å²) in [5.41, 5.74) is 0.583. The van der Waals surface area contributed by atoms with Gasteiger partial charge in [0.2, 0.25) is 0 Å². The number of aromatic nitrogens is 4. The molecule has 0 radical (unpaired) electrons. The molecule has 3 aromatic rings. The third-order valence-corrected chi connectivity index (χ3v) is 4.38. The normalized spacial score (nSPS) is 16.6. The zero-order valence-corrected chi connectivity index (χ0v) is 14.2. The van der Waals surface area contributed by atoms with Gasteiger partial charge in [0.1, 0.15) is 11.6 Å². The molecule has 0 aromatic carbocycles. The molecular formula is C19H19N5O2. The second-order valence-corrected chi connectivity index (χ2v) is 6.29. The number of imidazole rings is 1. The van der Waals surface area contributed by atoms with E-state index in [9.17, 15) is 4.79 Å². The van der Waals surface area contributed by atoms with E-state index < -0.39 is 0 Å². The molecule has 0 saturated heterocycles. The zero-order chi connectivity index (χ0) is 17.8. The molecular weight excluding hydrogens is 330 g/mol. The lowest BCUT2D eigenvalue weighted by atomic mass is 10.1. The van der Waals surface area contributed by atoms with Crippen LogP contribution in [0.25, 0.3) is 0 Å². The number of nitrogens with zero attached hydrogens (tertiary/aromatic N) is 5. The van der Waals surface area contributed by atoms with E-state index in [1.807, 2.05) is 23.2 Å². The van der Waals surface area contributed by atoms with Gasteiger partial charge in [-0.2, -0.15) is 0 Å². The minimum absolute atomic E-state index is 0.0408. The fraction of sp³-hybridized carbons (Fsp3) is 0.263. The van der Waals surface area contributed by atoms with E-state index in [-0.39, 0.29) is 11.8 Å². The van der Waals surface area contributed by atoms with E-state index in [2.05, 4.69) is 19.5 Å². The van der Waals surface area contributed by atoms with Crippen molar-refractivity contribution < 1.29 is 9.53 Å². The quantitative estimate of drug-likeness (QED) is 0.720. The Balaban J connectivity index is 1.53. The van der Waals surface area contributed by atoms with Crippen LogP contribution in [0.4, 0.5) is 0 Å². The molecule has 1 atom stereocenters. The van der Waals surface area contributed by atoms with Crippen molar-refractivity contribution in [2.24, 2.45) is 5.92 Å². The third kappa shape index (κ3) is 3.56. The molecule has 4 heterocycles. The topological polar surface area (TPSA) is 73.1 Å². The summed E-state index contributed by atoms with van der Waals surface area (Å²) in [4.78, 5) is 27.2. The summed E-state index contributed by atoms with van der Waals surface area (Å²) in [6.45, 7) is 2.33. The zero-order valence-electron chi connectivity index (χ0n) is 14.2. The maximum atomic E-state index is 12.9. The number of hydrogen-bond acceptors (Lipinski definition) is 5. The summed E-state index contributed by atoms with van der Waals surface area (Å²) >= 11 is 0. The Morgan fingerprint density at radius 3 is 2.73 bits per heavy atom. The summed E-state index contributed by atoms with van der Waals surface area (Å²) in [6, 6.07) is 7.28. The van der Waals surface area contributed by atoms with Crippen LogP contribution in [0.1, 0.15) is 16.2 Å². The molecule has 0 spiro atoms. The van der Waals surface area contributed by atoms with Crippen molar-refractivity contribution in [1.29, 1.82) is 0 Å². The number of pyridine rings is 2. The molecule has 0 aliphatic carbocycles. The molecule has 7 heteroatoms. The minimum Gasteiger partial charge on any atom is -0.492 e. The van der Waals surface area contributed by atoms with Crippen molar-refractivity contribution >= 4 is 5.91 Å². The predicted octanol–water partition coefficient (Wildman–Crippen LogP) is 2.02. The van der Waals surface area contributed by atoms with Gasteiger partial charge in [0.05, 0.1) is 24.9 Å². The first kappa shape index (κ1) is 16.3. The average molecular weight is 349 g/mol. The van der Waals surface area contributed by atoms with Crippen molar-refractivity contribution in [3.05, 3.63) is 72.8 Å². The Hall–Kier alpha value is -3.22. The number of carbonyl (C=O) groups is 1. The van der Waals surface area contributed by atoms with E-state index in [1.165, 1.54) is 0 Å². The molecule has 26 heavy (non-hydrogen) atoms. The van der Waals surface area contributed by atoms with Crippen LogP contribution in [-0.4, -0.2) is 43.5 Å². The number of ether oxygens (including phenoxy) is 1. The van der Waals surface area contributed by atoms with Gasteiger partial charge in [0, 0.05) is 50.0 Å². The Bertz CT molecular complexity index is 866. The van der Waals surface area contributed by atoms with Gasteiger partial charge in [-0.1, -0.05) is 0 Å². The van der Waals surface area contributed by atoms with E-state index in [0.717, 1.165) is 18.1 Å². The average Bonchev–Trinajstić information content (AvgIpc) is 3.05. The van der Waals surface area contributed by atoms with Crippen molar-refractivity contribution in [3.8, 4) is 5.75 Å². The standard InChI is InChI=1S/C19H19N5O2/c25-19(16-3-1-5-20-9-16)24-12-15(11-23-8-7-22-18(23)13-24)14-26-17-4-2-6-21-10-17/h1-10,15H,11-14H2. The fourth-order valence-corrected chi connectivity index (χ4v) is 3.12. The lowest BCUT2D eigenvalue weighted by Gasteiger charge is -2.24. The summed E-state index contributed by atoms with van der Waals surface area (Å²) in [7, 11) is 0. The van der Waals surface area contributed by atoms with Gasteiger partial charge in [-0.05, 0) is 24.3 Å². The molecule has 0 fully saturated rings. The Labute approximate surface area is 151 Å². The number of amides is 1. The van der Waals surface area contributed by atoms with Gasteiger partial charge in [0.25, 0.3) is 5.91 Å². The third-order valence-electron chi connectivity index (χ3n) is 4.38. The monoisotopic (exact) mass is 349 g/mol. The van der Waals surface area contributed by atoms with E-state index in [1.54, 1.807) is 43.1 Å². The van der Waals surface area contributed by atoms with E-state index in [0.29, 0.717) is 25.3 Å². The number of carbonyl (C=O) groups excluding carboxylic acids is 1. The first-order valence-electron chi connectivity index (χ1n) is 8.52. The van der Waals surface area contributed by atoms with Crippen molar-refractivity contribution in [1.82, 2.24) is 24.4 Å². The summed E-state index contributed by atoms with van der Waals surface area (Å²) in [6.07, 6.45) is 10.4. The lowest BCUT2D eigenvalue weighted by molar-refractivity contribution is 0.0699. The minimum atomic E-state index is -0.0408. The fourth-order valence-electron chi connectivity index (χ4n) is 3.12. The molecule has 132 valence electrons. The number of fused-ring (bicyclic) bond motifs is 1. The van der Waals surface area contributed by atoms with Gasteiger partial charge >= 0.3 is 0 Å². The summed E-state index contributed by atoms with van der Waals surface area (Å²) < 4.78 is 7.97. The smallest absolute Gasteiger partial charge is 0.255 e. The van der Waals surface area contributed by atoms with E-state index >= 15 is 0 Å². The van der Waals surface area contributed by atoms with Gasteiger partial charge in [-0.3, -0.25) is 14.8 Å². The second-order valence-electron chi connectivity index (χ2n) is 6.29. The Kier molecular flexibility index (Phi) is 4.59. The van der Waals surface area contributed by atoms with Crippen molar-refractivity contribution in [2.75, 3.05) is 13.2 Å². The molecule has 1 unspecified atom stereocenters. The predicted molar refractivity (Wildman–Crippen MR) is 94.4 cm³/mol. The van der Waals surface area contributed by atoms with Crippen LogP contribution in [0.2, 0.25) is 0 Å². The molecule has 1 aliphatic rings. The van der Waals surface area contributed by atoms with Crippen molar-refractivity contribution in [2.45, 2.75) is 13.1 Å². The first-order valence-corrected chi connectivity index (χ1v) is 8.52. The van der Waals surface area contributed by atoms with Gasteiger partial charge in [-0.25, -0.2) is 4.98 Å². The molecule has 7 nitrogen and oxygen atoms in total. The molecule has 4 rings (SSSR count). The summed E-state index contributed by atoms with van der Waals surface area (Å²) in [5.74, 6) is 1.71. The SMILES string of the molecule is O=C(c1cccnc1)N1Cc2nccn2CC(COc2cccnc2)C1. The highest BCUT2D eigenvalue weighted by Crippen LogP contribution is 2.19. The number of hydrogen-bond donors (Lipinski definition) is 0. The van der Waals surface area contributed by atoms with Crippen LogP contribution >= 0.6 is 0 Å². The van der Waals surface area contributed by atoms with Crippen LogP contribution in [-0.2, 0) is 13.1 Å². The lowest BCUT2D eigenvalue weighted by Crippen LogP contribution is -2.35. The van der Waals surface area contributed by atoms with Gasteiger partial charge in [0.15, 0.2) is 0 Å².